The molecule has 1 aromatic carbocycles. The maximum Gasteiger partial charge on any atom is 0.176 e. The van der Waals surface area contributed by atoms with Crippen LogP contribution in [0, 0.1) is 0 Å². The van der Waals surface area contributed by atoms with Crippen molar-refractivity contribution in [3.05, 3.63) is 60.7 Å². The smallest absolute Gasteiger partial charge is 0.176 e. The van der Waals surface area contributed by atoms with E-state index in [-0.39, 0.29) is 0 Å². The largest absolute Gasteiger partial charge is 0.387 e. The van der Waals surface area contributed by atoms with E-state index in [1.807, 2.05) is 41.1 Å². The molecule has 5 nitrogen and oxygen atoms in total. The molecular weight excluding hydrogens is 240 g/mol. The topological polar surface area (TPSA) is 66.7 Å². The Labute approximate surface area is 110 Å². The molecule has 0 bridgehead atoms. The first-order valence-electron chi connectivity index (χ1n) is 6.08. The first-order valence-corrected chi connectivity index (χ1v) is 6.08. The van der Waals surface area contributed by atoms with Crippen LogP contribution in [0.5, 0.6) is 0 Å². The Bertz CT molecular complexity index is 631. The van der Waals surface area contributed by atoms with Gasteiger partial charge in [-0.05, 0) is 5.56 Å². The molecule has 0 saturated carbocycles. The van der Waals surface area contributed by atoms with E-state index in [1.54, 1.807) is 18.6 Å². The van der Waals surface area contributed by atoms with Crippen LogP contribution in [0.3, 0.4) is 0 Å². The number of hydrogen-bond donors (Lipinski definition) is 2. The Hall–Kier alpha value is -2.40. The summed E-state index contributed by atoms with van der Waals surface area (Å²) in [6, 6.07) is 9.59. The van der Waals surface area contributed by atoms with E-state index < -0.39 is 6.10 Å². The first kappa shape index (κ1) is 11.7. The van der Waals surface area contributed by atoms with E-state index in [0.29, 0.717) is 12.4 Å². The molecule has 3 aromatic rings. The molecule has 0 spiro atoms. The summed E-state index contributed by atoms with van der Waals surface area (Å²) in [6.45, 7) is 0.444. The van der Waals surface area contributed by atoms with Crippen molar-refractivity contribution in [2.45, 2.75) is 12.6 Å². The predicted molar refractivity (Wildman–Crippen MR) is 71.2 cm³/mol. The lowest BCUT2D eigenvalue weighted by atomic mass is 10.1. The van der Waals surface area contributed by atoms with E-state index in [4.69, 9.17) is 0 Å². The van der Waals surface area contributed by atoms with Gasteiger partial charge < -0.3 is 14.7 Å². The molecule has 0 unspecified atom stereocenters. The molecule has 2 heterocycles. The maximum atomic E-state index is 10.2. The summed E-state index contributed by atoms with van der Waals surface area (Å²) in [7, 11) is 0. The van der Waals surface area contributed by atoms with Gasteiger partial charge in [0.05, 0.1) is 12.6 Å². The number of aromatic nitrogens is 4. The summed E-state index contributed by atoms with van der Waals surface area (Å²) in [5.41, 5.74) is 0.890. The van der Waals surface area contributed by atoms with Gasteiger partial charge in [-0.2, -0.15) is 0 Å². The van der Waals surface area contributed by atoms with Crippen LogP contribution in [0.15, 0.2) is 55.1 Å². The average Bonchev–Trinajstić information content (AvgIpc) is 3.10. The van der Waals surface area contributed by atoms with Crippen molar-refractivity contribution in [2.75, 3.05) is 0 Å². The Morgan fingerprint density at radius 3 is 2.74 bits per heavy atom. The molecule has 0 amide bonds. The monoisotopic (exact) mass is 254 g/mol. The number of aromatic amines is 1. The van der Waals surface area contributed by atoms with Crippen LogP contribution >= 0.6 is 0 Å². The van der Waals surface area contributed by atoms with E-state index in [0.717, 1.165) is 11.4 Å². The predicted octanol–water partition coefficient (Wildman–Crippen LogP) is 2.01. The third-order valence-corrected chi connectivity index (χ3v) is 2.98. The zero-order chi connectivity index (χ0) is 13.1. The Morgan fingerprint density at radius 2 is 2.00 bits per heavy atom. The summed E-state index contributed by atoms with van der Waals surface area (Å²) in [4.78, 5) is 11.5. The molecule has 0 aliphatic heterocycles. The molecule has 19 heavy (non-hydrogen) atoms. The zero-order valence-electron chi connectivity index (χ0n) is 10.3. The Kier molecular flexibility index (Phi) is 3.12. The third-order valence-electron chi connectivity index (χ3n) is 2.98. The molecule has 96 valence electrons. The number of benzene rings is 1. The number of aliphatic hydroxyl groups is 1. The van der Waals surface area contributed by atoms with Crippen LogP contribution in [0.2, 0.25) is 0 Å². The lowest BCUT2D eigenvalue weighted by molar-refractivity contribution is 0.157. The van der Waals surface area contributed by atoms with Gasteiger partial charge in [0.1, 0.15) is 0 Å². The van der Waals surface area contributed by atoms with Crippen LogP contribution in [0.25, 0.3) is 11.6 Å². The fraction of sp³-hybridized carbons (Fsp3) is 0.143. The normalized spacial score (nSPS) is 12.5. The van der Waals surface area contributed by atoms with Crippen molar-refractivity contribution in [3.63, 3.8) is 0 Å². The molecule has 2 aromatic heterocycles. The summed E-state index contributed by atoms with van der Waals surface area (Å²) in [6.07, 6.45) is 6.41. The van der Waals surface area contributed by atoms with Gasteiger partial charge >= 0.3 is 0 Å². The second kappa shape index (κ2) is 5.07. The van der Waals surface area contributed by atoms with Crippen LogP contribution in [0.1, 0.15) is 11.7 Å². The molecule has 0 fully saturated rings. The fourth-order valence-electron chi connectivity index (χ4n) is 2.03. The van der Waals surface area contributed by atoms with Crippen molar-refractivity contribution in [3.8, 4) is 11.6 Å². The van der Waals surface area contributed by atoms with Crippen molar-refractivity contribution in [1.29, 1.82) is 0 Å². The van der Waals surface area contributed by atoms with Crippen LogP contribution in [-0.4, -0.2) is 24.6 Å². The van der Waals surface area contributed by atoms with Crippen LogP contribution in [0.4, 0.5) is 0 Å². The second-order valence-corrected chi connectivity index (χ2v) is 4.27. The molecule has 2 N–H and O–H groups in total. The number of imidazole rings is 2. The van der Waals surface area contributed by atoms with Crippen LogP contribution < -0.4 is 0 Å². The number of H-pyrrole nitrogens is 1. The molecule has 3 rings (SSSR count). The third kappa shape index (κ3) is 2.41. The summed E-state index contributed by atoms with van der Waals surface area (Å²) in [5.74, 6) is 1.42. The first-order chi connectivity index (χ1) is 9.34. The fourth-order valence-corrected chi connectivity index (χ4v) is 2.03. The number of nitrogens with one attached hydrogen (secondary N) is 1. The molecular formula is C14H14N4O. The molecule has 0 saturated heterocycles. The van der Waals surface area contributed by atoms with Crippen LogP contribution in [-0.2, 0) is 6.54 Å². The highest BCUT2D eigenvalue weighted by Gasteiger charge is 2.13. The number of rotatable bonds is 4. The highest BCUT2D eigenvalue weighted by atomic mass is 16.3. The Morgan fingerprint density at radius 1 is 1.16 bits per heavy atom. The average molecular weight is 254 g/mol. The SMILES string of the molecule is O[C@H](Cn1ccnc1-c1ncc[nH]1)c1ccccc1. The molecule has 0 radical (unpaired) electrons. The minimum atomic E-state index is -0.566. The summed E-state index contributed by atoms with van der Waals surface area (Å²) < 4.78 is 1.89. The minimum Gasteiger partial charge on any atom is -0.387 e. The highest BCUT2D eigenvalue weighted by molar-refractivity contribution is 5.43. The summed E-state index contributed by atoms with van der Waals surface area (Å²) >= 11 is 0. The van der Waals surface area contributed by atoms with Gasteiger partial charge in [0.2, 0.25) is 0 Å². The molecule has 1 atom stereocenters. The van der Waals surface area contributed by atoms with E-state index >= 15 is 0 Å². The van der Waals surface area contributed by atoms with Crippen molar-refractivity contribution >= 4 is 0 Å². The van der Waals surface area contributed by atoms with Crippen molar-refractivity contribution in [2.24, 2.45) is 0 Å². The molecule has 5 heteroatoms. The number of hydrogen-bond acceptors (Lipinski definition) is 3. The molecule has 0 aliphatic carbocycles. The van der Waals surface area contributed by atoms with Gasteiger partial charge in [0, 0.05) is 24.8 Å². The van der Waals surface area contributed by atoms with Crippen molar-refractivity contribution in [1.82, 2.24) is 19.5 Å². The Balaban J connectivity index is 1.83. The van der Waals surface area contributed by atoms with E-state index in [2.05, 4.69) is 15.0 Å². The van der Waals surface area contributed by atoms with Gasteiger partial charge in [-0.15, -0.1) is 0 Å². The lowest BCUT2D eigenvalue weighted by Gasteiger charge is -2.13. The van der Waals surface area contributed by atoms with Gasteiger partial charge in [-0.1, -0.05) is 30.3 Å². The zero-order valence-corrected chi connectivity index (χ0v) is 10.3. The summed E-state index contributed by atoms with van der Waals surface area (Å²) in [5, 5.41) is 10.2. The van der Waals surface area contributed by atoms with Gasteiger partial charge in [0.25, 0.3) is 0 Å². The van der Waals surface area contributed by atoms with Crippen molar-refractivity contribution < 1.29 is 5.11 Å². The maximum absolute atomic E-state index is 10.2. The molecule has 0 aliphatic rings. The minimum absolute atomic E-state index is 0.444. The standard InChI is InChI=1S/C14H14N4O/c19-12(11-4-2-1-3-5-11)10-18-9-8-17-14(18)13-15-6-7-16-13/h1-9,12,19H,10H2,(H,15,16)/t12-/m1/s1. The number of aliphatic hydroxyl groups excluding tert-OH is 1. The van der Waals surface area contributed by atoms with Gasteiger partial charge in [0.15, 0.2) is 11.6 Å². The van der Waals surface area contributed by atoms with Gasteiger partial charge in [-0.3, -0.25) is 0 Å². The highest BCUT2D eigenvalue weighted by Crippen LogP contribution is 2.18. The number of nitrogens with zero attached hydrogens (tertiary/aromatic N) is 3. The quantitative estimate of drug-likeness (QED) is 0.748. The second-order valence-electron chi connectivity index (χ2n) is 4.27. The van der Waals surface area contributed by atoms with E-state index in [1.165, 1.54) is 0 Å². The lowest BCUT2D eigenvalue weighted by Crippen LogP contribution is -2.09. The van der Waals surface area contributed by atoms with E-state index in [9.17, 15) is 5.11 Å². The van der Waals surface area contributed by atoms with Gasteiger partial charge in [-0.25, -0.2) is 9.97 Å².